The number of hydrogen-bond acceptors (Lipinski definition) is 5. The van der Waals surface area contributed by atoms with E-state index in [-0.39, 0.29) is 5.95 Å². The molecule has 94 valence electrons. The number of ether oxygens (including phenoxy) is 2. The highest BCUT2D eigenvalue weighted by atomic mass is 16.5. The molecule has 1 aromatic heterocycles. The fourth-order valence-electron chi connectivity index (χ4n) is 1.54. The van der Waals surface area contributed by atoms with Gasteiger partial charge in [-0.3, -0.25) is 0 Å². The Balaban J connectivity index is 2.28. The fraction of sp³-hybridized carbons (Fsp3) is 0.231. The van der Waals surface area contributed by atoms with E-state index in [1.807, 2.05) is 18.2 Å². The van der Waals surface area contributed by atoms with Crippen molar-refractivity contribution in [2.24, 2.45) is 0 Å². The second-order valence-corrected chi connectivity index (χ2v) is 3.69. The number of anilines is 1. The third-order valence-electron chi connectivity index (χ3n) is 2.50. The largest absolute Gasteiger partial charge is 0.493 e. The van der Waals surface area contributed by atoms with Gasteiger partial charge < -0.3 is 15.2 Å². The molecule has 0 saturated carbocycles. The maximum absolute atomic E-state index is 5.62. The van der Waals surface area contributed by atoms with Gasteiger partial charge in [-0.1, -0.05) is 13.0 Å². The van der Waals surface area contributed by atoms with E-state index in [1.165, 1.54) is 5.56 Å². The summed E-state index contributed by atoms with van der Waals surface area (Å²) in [5.41, 5.74) is 6.68. The lowest BCUT2D eigenvalue weighted by Crippen LogP contribution is -1.97. The summed E-state index contributed by atoms with van der Waals surface area (Å²) >= 11 is 0. The van der Waals surface area contributed by atoms with Crippen molar-refractivity contribution in [3.05, 3.63) is 36.0 Å². The zero-order valence-corrected chi connectivity index (χ0v) is 10.4. The number of nitrogen functional groups attached to an aromatic ring is 1. The van der Waals surface area contributed by atoms with Crippen molar-refractivity contribution in [1.29, 1.82) is 0 Å². The fourth-order valence-corrected chi connectivity index (χ4v) is 1.54. The van der Waals surface area contributed by atoms with E-state index in [0.29, 0.717) is 17.4 Å². The Kier molecular flexibility index (Phi) is 3.62. The van der Waals surface area contributed by atoms with E-state index in [4.69, 9.17) is 15.2 Å². The third-order valence-corrected chi connectivity index (χ3v) is 2.50. The molecule has 2 rings (SSSR count). The van der Waals surface area contributed by atoms with Gasteiger partial charge in [-0.2, -0.15) is 4.98 Å². The van der Waals surface area contributed by atoms with E-state index >= 15 is 0 Å². The average molecular weight is 245 g/mol. The molecule has 1 aromatic carbocycles. The van der Waals surface area contributed by atoms with Crippen molar-refractivity contribution in [3.8, 4) is 17.4 Å². The zero-order chi connectivity index (χ0) is 13.0. The first-order valence-corrected chi connectivity index (χ1v) is 5.66. The predicted octanol–water partition coefficient (Wildman–Crippen LogP) is 2.42. The molecule has 0 aliphatic rings. The first-order valence-electron chi connectivity index (χ1n) is 5.66. The molecular weight excluding hydrogens is 230 g/mol. The van der Waals surface area contributed by atoms with Gasteiger partial charge in [-0.15, -0.1) is 0 Å². The van der Waals surface area contributed by atoms with Crippen LogP contribution < -0.4 is 15.2 Å². The molecular formula is C13H15N3O2. The molecule has 0 saturated heterocycles. The average Bonchev–Trinajstić information content (AvgIpc) is 2.39. The maximum atomic E-state index is 5.62. The monoisotopic (exact) mass is 245 g/mol. The Bertz CT molecular complexity index is 544. The summed E-state index contributed by atoms with van der Waals surface area (Å²) in [4.78, 5) is 7.78. The van der Waals surface area contributed by atoms with Crippen LogP contribution in [-0.4, -0.2) is 17.1 Å². The standard InChI is InChI=1S/C13H15N3O2/c1-3-9-4-5-10(11(8-9)17-2)18-12-6-7-15-13(14)16-12/h4-8H,3H2,1-2H3,(H2,14,15,16). The minimum absolute atomic E-state index is 0.177. The van der Waals surface area contributed by atoms with E-state index < -0.39 is 0 Å². The molecule has 0 atom stereocenters. The Hall–Kier alpha value is -2.30. The zero-order valence-electron chi connectivity index (χ0n) is 10.4. The number of aryl methyl sites for hydroxylation is 1. The van der Waals surface area contributed by atoms with Crippen molar-refractivity contribution in [1.82, 2.24) is 9.97 Å². The van der Waals surface area contributed by atoms with Crippen LogP contribution in [0.3, 0.4) is 0 Å². The Morgan fingerprint density at radius 3 is 2.72 bits per heavy atom. The van der Waals surface area contributed by atoms with Gasteiger partial charge in [-0.05, 0) is 24.1 Å². The van der Waals surface area contributed by atoms with E-state index in [1.54, 1.807) is 19.4 Å². The van der Waals surface area contributed by atoms with Crippen LogP contribution >= 0.6 is 0 Å². The van der Waals surface area contributed by atoms with Gasteiger partial charge >= 0.3 is 0 Å². The molecule has 5 heteroatoms. The summed E-state index contributed by atoms with van der Waals surface area (Å²) < 4.78 is 10.9. The highest BCUT2D eigenvalue weighted by molar-refractivity contribution is 5.44. The van der Waals surface area contributed by atoms with Gasteiger partial charge in [0.25, 0.3) is 0 Å². The van der Waals surface area contributed by atoms with Crippen LogP contribution in [0.4, 0.5) is 5.95 Å². The van der Waals surface area contributed by atoms with Crippen molar-refractivity contribution in [2.75, 3.05) is 12.8 Å². The molecule has 0 spiro atoms. The maximum Gasteiger partial charge on any atom is 0.224 e. The van der Waals surface area contributed by atoms with Crippen molar-refractivity contribution >= 4 is 5.95 Å². The number of nitrogens with two attached hydrogens (primary N) is 1. The quantitative estimate of drug-likeness (QED) is 0.895. The highest BCUT2D eigenvalue weighted by Crippen LogP contribution is 2.31. The van der Waals surface area contributed by atoms with Gasteiger partial charge in [0.15, 0.2) is 11.5 Å². The Morgan fingerprint density at radius 2 is 2.06 bits per heavy atom. The molecule has 2 aromatic rings. The summed E-state index contributed by atoms with van der Waals surface area (Å²) in [6, 6.07) is 7.43. The number of benzene rings is 1. The number of rotatable bonds is 4. The lowest BCUT2D eigenvalue weighted by molar-refractivity contribution is 0.373. The SMILES string of the molecule is CCc1ccc(Oc2ccnc(N)n2)c(OC)c1. The highest BCUT2D eigenvalue weighted by Gasteiger charge is 2.07. The van der Waals surface area contributed by atoms with E-state index in [9.17, 15) is 0 Å². The third kappa shape index (κ3) is 2.68. The van der Waals surface area contributed by atoms with Crippen molar-refractivity contribution in [2.45, 2.75) is 13.3 Å². The van der Waals surface area contributed by atoms with Crippen molar-refractivity contribution < 1.29 is 9.47 Å². The van der Waals surface area contributed by atoms with Crippen LogP contribution in [-0.2, 0) is 6.42 Å². The molecule has 0 aliphatic heterocycles. The lowest BCUT2D eigenvalue weighted by Gasteiger charge is -2.10. The number of methoxy groups -OCH3 is 1. The van der Waals surface area contributed by atoms with Crippen LogP contribution in [0.5, 0.6) is 17.4 Å². The van der Waals surface area contributed by atoms with E-state index in [0.717, 1.165) is 6.42 Å². The van der Waals surface area contributed by atoms with Crippen LogP contribution in [0.25, 0.3) is 0 Å². The van der Waals surface area contributed by atoms with Gasteiger partial charge in [0.05, 0.1) is 7.11 Å². The van der Waals surface area contributed by atoms with Crippen LogP contribution in [0.2, 0.25) is 0 Å². The van der Waals surface area contributed by atoms with Gasteiger partial charge in [0.2, 0.25) is 11.8 Å². The van der Waals surface area contributed by atoms with Crippen LogP contribution in [0.15, 0.2) is 30.5 Å². The first kappa shape index (κ1) is 12.2. The predicted molar refractivity (Wildman–Crippen MR) is 68.9 cm³/mol. The Labute approximate surface area is 106 Å². The molecule has 18 heavy (non-hydrogen) atoms. The topological polar surface area (TPSA) is 70.3 Å². The summed E-state index contributed by atoms with van der Waals surface area (Å²) in [5, 5.41) is 0. The molecule has 0 amide bonds. The van der Waals surface area contributed by atoms with Crippen LogP contribution in [0.1, 0.15) is 12.5 Å². The minimum atomic E-state index is 0.177. The molecule has 0 aliphatic carbocycles. The number of nitrogens with zero attached hydrogens (tertiary/aromatic N) is 2. The number of aromatic nitrogens is 2. The smallest absolute Gasteiger partial charge is 0.224 e. The molecule has 0 fully saturated rings. The molecule has 0 radical (unpaired) electrons. The number of hydrogen-bond donors (Lipinski definition) is 1. The molecule has 0 bridgehead atoms. The molecule has 0 unspecified atom stereocenters. The van der Waals surface area contributed by atoms with Gasteiger partial charge in [0, 0.05) is 12.3 Å². The summed E-state index contributed by atoms with van der Waals surface area (Å²) in [7, 11) is 1.61. The summed E-state index contributed by atoms with van der Waals surface area (Å²) in [5.74, 6) is 1.85. The van der Waals surface area contributed by atoms with Crippen molar-refractivity contribution in [3.63, 3.8) is 0 Å². The van der Waals surface area contributed by atoms with Crippen LogP contribution in [0, 0.1) is 0 Å². The minimum Gasteiger partial charge on any atom is -0.493 e. The van der Waals surface area contributed by atoms with Gasteiger partial charge in [0.1, 0.15) is 0 Å². The second kappa shape index (κ2) is 5.35. The summed E-state index contributed by atoms with van der Waals surface area (Å²) in [6.45, 7) is 2.08. The normalized spacial score (nSPS) is 10.1. The van der Waals surface area contributed by atoms with E-state index in [2.05, 4.69) is 16.9 Å². The van der Waals surface area contributed by atoms with Gasteiger partial charge in [-0.25, -0.2) is 4.98 Å². The molecule has 2 N–H and O–H groups in total. The Morgan fingerprint density at radius 1 is 1.22 bits per heavy atom. The summed E-state index contributed by atoms with van der Waals surface area (Å²) in [6.07, 6.45) is 2.49. The molecule has 1 heterocycles. The second-order valence-electron chi connectivity index (χ2n) is 3.69. The first-order chi connectivity index (χ1) is 8.72. The molecule has 5 nitrogen and oxygen atoms in total. The lowest BCUT2D eigenvalue weighted by atomic mass is 10.1.